The number of phenols is 1. The molecular formula is C22H19NO5. The van der Waals surface area contributed by atoms with Gasteiger partial charge < -0.3 is 19.3 Å². The van der Waals surface area contributed by atoms with E-state index in [9.17, 15) is 9.90 Å². The van der Waals surface area contributed by atoms with E-state index in [1.165, 1.54) is 0 Å². The van der Waals surface area contributed by atoms with Crippen LogP contribution in [-0.4, -0.2) is 29.8 Å². The van der Waals surface area contributed by atoms with E-state index in [-0.39, 0.29) is 12.4 Å². The SMILES string of the molecule is C=C1CC(COc2ccc3cccc(O)c3n2)(c2ccc(OC)cc2)OC1=O. The van der Waals surface area contributed by atoms with Gasteiger partial charge in [0.25, 0.3) is 0 Å². The number of hydrogen-bond acceptors (Lipinski definition) is 6. The molecule has 0 bridgehead atoms. The standard InChI is InChI=1S/C22H19NO5/c1-14-12-22(28-21(14)25,16-7-9-17(26-2)10-8-16)13-27-19-11-6-15-4-3-5-18(24)20(15)23-19/h3-11,24H,1,12-13H2,2H3. The highest BCUT2D eigenvalue weighted by Gasteiger charge is 2.45. The van der Waals surface area contributed by atoms with E-state index >= 15 is 0 Å². The Morgan fingerprint density at radius 1 is 1.18 bits per heavy atom. The van der Waals surface area contributed by atoms with Crippen molar-refractivity contribution >= 4 is 16.9 Å². The van der Waals surface area contributed by atoms with Crippen molar-refractivity contribution in [2.75, 3.05) is 13.7 Å². The van der Waals surface area contributed by atoms with Gasteiger partial charge in [-0.25, -0.2) is 9.78 Å². The van der Waals surface area contributed by atoms with Crippen LogP contribution in [0.4, 0.5) is 0 Å². The molecule has 3 aromatic rings. The lowest BCUT2D eigenvalue weighted by molar-refractivity contribution is -0.150. The number of carbonyl (C=O) groups excluding carboxylic acids is 1. The number of esters is 1. The molecule has 1 saturated heterocycles. The highest BCUT2D eigenvalue weighted by Crippen LogP contribution is 2.40. The molecule has 0 saturated carbocycles. The Bertz CT molecular complexity index is 1040. The van der Waals surface area contributed by atoms with E-state index < -0.39 is 11.6 Å². The maximum atomic E-state index is 12.1. The Morgan fingerprint density at radius 2 is 1.96 bits per heavy atom. The molecule has 142 valence electrons. The fourth-order valence-electron chi connectivity index (χ4n) is 3.31. The van der Waals surface area contributed by atoms with Crippen molar-refractivity contribution in [3.05, 3.63) is 72.3 Å². The van der Waals surface area contributed by atoms with Gasteiger partial charge in [-0.15, -0.1) is 0 Å². The van der Waals surface area contributed by atoms with E-state index in [2.05, 4.69) is 11.6 Å². The van der Waals surface area contributed by atoms with Crippen LogP contribution in [-0.2, 0) is 15.1 Å². The van der Waals surface area contributed by atoms with Gasteiger partial charge in [-0.05, 0) is 29.8 Å². The molecule has 1 atom stereocenters. The van der Waals surface area contributed by atoms with Crippen LogP contribution in [0.3, 0.4) is 0 Å². The number of ether oxygens (including phenoxy) is 3. The Labute approximate surface area is 162 Å². The lowest BCUT2D eigenvalue weighted by atomic mass is 9.90. The number of rotatable bonds is 5. The predicted octanol–water partition coefficient (Wildman–Crippen LogP) is 3.73. The molecule has 0 radical (unpaired) electrons. The normalized spacial score (nSPS) is 18.9. The van der Waals surface area contributed by atoms with Crippen molar-refractivity contribution in [3.8, 4) is 17.4 Å². The van der Waals surface area contributed by atoms with Crippen LogP contribution in [0, 0.1) is 0 Å². The number of phenolic OH excluding ortho intramolecular Hbond substituents is 1. The molecule has 4 rings (SSSR count). The van der Waals surface area contributed by atoms with Gasteiger partial charge in [0.15, 0.2) is 5.60 Å². The third kappa shape index (κ3) is 3.13. The average molecular weight is 377 g/mol. The third-order valence-electron chi connectivity index (χ3n) is 4.82. The summed E-state index contributed by atoms with van der Waals surface area (Å²) in [6.07, 6.45) is 0.316. The third-order valence-corrected chi connectivity index (χ3v) is 4.82. The number of methoxy groups -OCH3 is 1. The lowest BCUT2D eigenvalue weighted by Gasteiger charge is -2.27. The molecule has 1 aliphatic heterocycles. The maximum absolute atomic E-state index is 12.1. The second-order valence-corrected chi connectivity index (χ2v) is 6.68. The lowest BCUT2D eigenvalue weighted by Crippen LogP contribution is -2.33. The molecule has 0 aliphatic carbocycles. The zero-order valence-electron chi connectivity index (χ0n) is 15.3. The number of para-hydroxylation sites is 1. The number of aromatic hydroxyl groups is 1. The molecule has 1 fully saturated rings. The van der Waals surface area contributed by atoms with Crippen molar-refractivity contribution in [2.45, 2.75) is 12.0 Å². The van der Waals surface area contributed by atoms with Gasteiger partial charge >= 0.3 is 5.97 Å². The van der Waals surface area contributed by atoms with E-state index in [1.807, 2.05) is 24.3 Å². The summed E-state index contributed by atoms with van der Waals surface area (Å²) in [5.41, 5.74) is 0.634. The van der Waals surface area contributed by atoms with Crippen molar-refractivity contribution in [1.82, 2.24) is 4.98 Å². The number of carbonyl (C=O) groups is 1. The van der Waals surface area contributed by atoms with Gasteiger partial charge in [0.2, 0.25) is 5.88 Å². The smallest absolute Gasteiger partial charge is 0.334 e. The highest BCUT2D eigenvalue weighted by atomic mass is 16.6. The summed E-state index contributed by atoms with van der Waals surface area (Å²) >= 11 is 0. The van der Waals surface area contributed by atoms with Crippen LogP contribution >= 0.6 is 0 Å². The average Bonchev–Trinajstić information content (AvgIpc) is 3.02. The monoisotopic (exact) mass is 377 g/mol. The summed E-state index contributed by atoms with van der Waals surface area (Å²) in [5, 5.41) is 10.8. The molecule has 2 heterocycles. The number of nitrogens with zero attached hydrogens (tertiary/aromatic N) is 1. The van der Waals surface area contributed by atoms with Crippen LogP contribution in [0.5, 0.6) is 17.4 Å². The second kappa shape index (κ2) is 6.88. The Hall–Kier alpha value is -3.54. The molecule has 6 nitrogen and oxygen atoms in total. The zero-order valence-corrected chi connectivity index (χ0v) is 15.3. The van der Waals surface area contributed by atoms with Crippen molar-refractivity contribution in [2.24, 2.45) is 0 Å². The molecule has 1 aliphatic rings. The number of aromatic nitrogens is 1. The largest absolute Gasteiger partial charge is 0.506 e. The van der Waals surface area contributed by atoms with Crippen LogP contribution in [0.2, 0.25) is 0 Å². The summed E-state index contributed by atoms with van der Waals surface area (Å²) in [6, 6.07) is 16.0. The summed E-state index contributed by atoms with van der Waals surface area (Å²) in [6.45, 7) is 3.86. The Balaban J connectivity index is 1.64. The number of cyclic esters (lactones) is 1. The first-order valence-electron chi connectivity index (χ1n) is 8.78. The van der Waals surface area contributed by atoms with E-state index in [0.29, 0.717) is 29.1 Å². The van der Waals surface area contributed by atoms with Crippen molar-refractivity contribution < 1.29 is 24.1 Å². The van der Waals surface area contributed by atoms with Crippen LogP contribution in [0.15, 0.2) is 66.7 Å². The predicted molar refractivity (Wildman–Crippen MR) is 103 cm³/mol. The fourth-order valence-corrected chi connectivity index (χ4v) is 3.31. The molecule has 1 N–H and O–H groups in total. The minimum atomic E-state index is -0.990. The Kier molecular flexibility index (Phi) is 4.39. The fraction of sp³-hybridized carbons (Fsp3) is 0.182. The van der Waals surface area contributed by atoms with Crippen LogP contribution in [0.1, 0.15) is 12.0 Å². The van der Waals surface area contributed by atoms with Gasteiger partial charge in [0.1, 0.15) is 23.6 Å². The van der Waals surface area contributed by atoms with E-state index in [4.69, 9.17) is 14.2 Å². The van der Waals surface area contributed by atoms with E-state index in [0.717, 1.165) is 10.9 Å². The summed E-state index contributed by atoms with van der Waals surface area (Å²) in [5.74, 6) is 0.669. The molecular weight excluding hydrogens is 358 g/mol. The van der Waals surface area contributed by atoms with Gasteiger partial charge in [-0.1, -0.05) is 30.8 Å². The number of fused-ring (bicyclic) bond motifs is 1. The summed E-state index contributed by atoms with van der Waals surface area (Å²) < 4.78 is 16.8. The minimum Gasteiger partial charge on any atom is -0.506 e. The van der Waals surface area contributed by atoms with Crippen LogP contribution < -0.4 is 9.47 Å². The van der Waals surface area contributed by atoms with Crippen molar-refractivity contribution in [1.29, 1.82) is 0 Å². The number of hydrogen-bond donors (Lipinski definition) is 1. The first-order chi connectivity index (χ1) is 13.5. The quantitative estimate of drug-likeness (QED) is 0.539. The Morgan fingerprint density at radius 3 is 2.64 bits per heavy atom. The zero-order chi connectivity index (χ0) is 19.7. The van der Waals surface area contributed by atoms with Crippen molar-refractivity contribution in [3.63, 3.8) is 0 Å². The van der Waals surface area contributed by atoms with Gasteiger partial charge in [0.05, 0.1) is 7.11 Å². The van der Waals surface area contributed by atoms with Crippen LogP contribution in [0.25, 0.3) is 10.9 Å². The van der Waals surface area contributed by atoms with E-state index in [1.54, 1.807) is 37.4 Å². The molecule has 28 heavy (non-hydrogen) atoms. The summed E-state index contributed by atoms with van der Waals surface area (Å²) in [7, 11) is 1.59. The maximum Gasteiger partial charge on any atom is 0.334 e. The van der Waals surface area contributed by atoms with Gasteiger partial charge in [0, 0.05) is 23.4 Å². The van der Waals surface area contributed by atoms with Gasteiger partial charge in [-0.2, -0.15) is 0 Å². The molecule has 0 amide bonds. The summed E-state index contributed by atoms with van der Waals surface area (Å²) in [4.78, 5) is 16.4. The molecule has 6 heteroatoms. The second-order valence-electron chi connectivity index (χ2n) is 6.68. The number of benzene rings is 2. The minimum absolute atomic E-state index is 0.0657. The number of pyridine rings is 1. The molecule has 2 aromatic carbocycles. The molecule has 1 aromatic heterocycles. The molecule has 1 unspecified atom stereocenters. The first kappa shape index (κ1) is 17.9. The molecule has 0 spiro atoms. The highest BCUT2D eigenvalue weighted by molar-refractivity contribution is 5.90. The first-order valence-corrected chi connectivity index (χ1v) is 8.78. The topological polar surface area (TPSA) is 77.9 Å². The van der Waals surface area contributed by atoms with Gasteiger partial charge in [-0.3, -0.25) is 0 Å².